The summed E-state index contributed by atoms with van der Waals surface area (Å²) in [6.45, 7) is 3.05. The van der Waals surface area contributed by atoms with Crippen LogP contribution in [0.2, 0.25) is 0 Å². The summed E-state index contributed by atoms with van der Waals surface area (Å²) in [5.41, 5.74) is 8.02. The first-order chi connectivity index (χ1) is 12.0. The number of benzene rings is 1. The lowest BCUT2D eigenvalue weighted by atomic mass is 9.97. The highest BCUT2D eigenvalue weighted by Crippen LogP contribution is 2.22. The van der Waals surface area contributed by atoms with Crippen molar-refractivity contribution in [1.82, 2.24) is 19.7 Å². The summed E-state index contributed by atoms with van der Waals surface area (Å²) in [5, 5.41) is 7.33. The molecule has 0 aliphatic carbocycles. The number of alkyl halides is 2. The Morgan fingerprint density at radius 3 is 2.60 bits per heavy atom. The highest BCUT2D eigenvalue weighted by molar-refractivity contribution is 5.79. The third-order valence-electron chi connectivity index (χ3n) is 4.53. The molecule has 2 heterocycles. The van der Waals surface area contributed by atoms with E-state index in [1.54, 1.807) is 4.90 Å². The fourth-order valence-electron chi connectivity index (χ4n) is 3.07. The Morgan fingerprint density at radius 2 is 1.96 bits per heavy atom. The molecule has 3 rings (SSSR count). The topological polar surface area (TPSA) is 77.0 Å². The highest BCUT2D eigenvalue weighted by Gasteiger charge is 2.30. The number of nitrogens with zero attached hydrogens (tertiary/aromatic N) is 4. The van der Waals surface area contributed by atoms with Gasteiger partial charge in [0, 0.05) is 19.6 Å². The van der Waals surface area contributed by atoms with E-state index in [0.29, 0.717) is 18.8 Å². The van der Waals surface area contributed by atoms with Crippen LogP contribution in [0, 0.1) is 12.8 Å². The molecule has 1 atom stereocenters. The van der Waals surface area contributed by atoms with Gasteiger partial charge in [0.05, 0.1) is 12.5 Å². The van der Waals surface area contributed by atoms with Crippen LogP contribution in [0.1, 0.15) is 29.2 Å². The molecule has 0 spiro atoms. The highest BCUT2D eigenvalue weighted by atomic mass is 19.3. The van der Waals surface area contributed by atoms with Crippen molar-refractivity contribution in [2.45, 2.75) is 32.9 Å². The summed E-state index contributed by atoms with van der Waals surface area (Å²) >= 11 is 0. The van der Waals surface area contributed by atoms with Crippen LogP contribution in [-0.2, 0) is 24.3 Å². The number of aromatic nitrogens is 3. The molecule has 1 amide bonds. The molecule has 0 saturated carbocycles. The lowest BCUT2D eigenvalue weighted by Gasteiger charge is -2.30. The van der Waals surface area contributed by atoms with Crippen LogP contribution >= 0.6 is 0 Å². The number of nitrogens with two attached hydrogens (primary N) is 1. The summed E-state index contributed by atoms with van der Waals surface area (Å²) in [6.07, 6.45) is -2.11. The van der Waals surface area contributed by atoms with Crippen molar-refractivity contribution in [3.05, 3.63) is 47.0 Å². The van der Waals surface area contributed by atoms with Crippen LogP contribution < -0.4 is 5.73 Å². The second kappa shape index (κ2) is 7.26. The van der Waals surface area contributed by atoms with E-state index in [0.717, 1.165) is 11.1 Å². The Labute approximate surface area is 144 Å². The second-order valence-corrected chi connectivity index (χ2v) is 6.31. The lowest BCUT2D eigenvalue weighted by Crippen LogP contribution is -2.44. The van der Waals surface area contributed by atoms with Gasteiger partial charge >= 0.3 is 0 Å². The van der Waals surface area contributed by atoms with Gasteiger partial charge in [0.2, 0.25) is 5.91 Å². The van der Waals surface area contributed by atoms with E-state index in [1.807, 2.05) is 31.2 Å². The minimum atomic E-state index is -2.66. The Balaban J connectivity index is 1.70. The van der Waals surface area contributed by atoms with Crippen molar-refractivity contribution >= 4 is 5.91 Å². The molecular formula is C17H21F2N5O. The molecule has 1 aromatic carbocycles. The first kappa shape index (κ1) is 17.5. The summed E-state index contributed by atoms with van der Waals surface area (Å²) in [5.74, 6) is -0.360. The van der Waals surface area contributed by atoms with Gasteiger partial charge in [0.25, 0.3) is 6.43 Å². The average Bonchev–Trinajstić information content (AvgIpc) is 3.04. The Bertz CT molecular complexity index is 744. The van der Waals surface area contributed by atoms with Crippen LogP contribution in [0.15, 0.2) is 24.3 Å². The zero-order valence-electron chi connectivity index (χ0n) is 14.0. The van der Waals surface area contributed by atoms with E-state index in [9.17, 15) is 13.6 Å². The number of hydrogen-bond acceptors (Lipinski definition) is 4. The maximum atomic E-state index is 12.9. The maximum Gasteiger partial charge on any atom is 0.297 e. The standard InChI is InChI=1S/C17H21F2N5O/c1-11-2-4-12(5-3-11)8-13(9-20)17(25)23-6-7-24-14(10-23)21-22-16(24)15(18)19/h2-5,13,15H,6-10,20H2,1H3. The van der Waals surface area contributed by atoms with Gasteiger partial charge in [-0.15, -0.1) is 10.2 Å². The van der Waals surface area contributed by atoms with Crippen molar-refractivity contribution in [3.8, 4) is 0 Å². The minimum absolute atomic E-state index is 0.0732. The van der Waals surface area contributed by atoms with Crippen LogP contribution in [-0.4, -0.2) is 38.7 Å². The van der Waals surface area contributed by atoms with E-state index in [-0.39, 0.29) is 37.3 Å². The van der Waals surface area contributed by atoms with Crippen molar-refractivity contribution in [1.29, 1.82) is 0 Å². The van der Waals surface area contributed by atoms with Crippen LogP contribution in [0.3, 0.4) is 0 Å². The molecule has 2 N–H and O–H groups in total. The quantitative estimate of drug-likeness (QED) is 0.891. The number of hydrogen-bond donors (Lipinski definition) is 1. The second-order valence-electron chi connectivity index (χ2n) is 6.31. The lowest BCUT2D eigenvalue weighted by molar-refractivity contribution is -0.136. The third-order valence-corrected chi connectivity index (χ3v) is 4.53. The zero-order valence-corrected chi connectivity index (χ0v) is 14.0. The largest absolute Gasteiger partial charge is 0.333 e. The molecule has 6 nitrogen and oxygen atoms in total. The number of carbonyl (C=O) groups excluding carboxylic acids is 1. The molecule has 1 aliphatic heterocycles. The summed E-state index contributed by atoms with van der Waals surface area (Å²) in [6, 6.07) is 7.99. The fourth-order valence-corrected chi connectivity index (χ4v) is 3.07. The molecule has 1 aliphatic rings. The Kier molecular flexibility index (Phi) is 5.08. The molecule has 0 saturated heterocycles. The molecule has 134 valence electrons. The van der Waals surface area contributed by atoms with Crippen molar-refractivity contribution in [2.24, 2.45) is 11.7 Å². The van der Waals surface area contributed by atoms with Gasteiger partial charge in [0.1, 0.15) is 0 Å². The Hall–Kier alpha value is -2.35. The zero-order chi connectivity index (χ0) is 18.0. The van der Waals surface area contributed by atoms with Crippen LogP contribution in [0.5, 0.6) is 0 Å². The third kappa shape index (κ3) is 3.68. The molecule has 0 bridgehead atoms. The van der Waals surface area contributed by atoms with E-state index >= 15 is 0 Å². The predicted molar refractivity (Wildman–Crippen MR) is 87.8 cm³/mol. The summed E-state index contributed by atoms with van der Waals surface area (Å²) < 4.78 is 27.1. The Morgan fingerprint density at radius 1 is 1.24 bits per heavy atom. The molecule has 0 radical (unpaired) electrons. The van der Waals surface area contributed by atoms with E-state index in [2.05, 4.69) is 10.2 Å². The number of fused-ring (bicyclic) bond motifs is 1. The minimum Gasteiger partial charge on any atom is -0.333 e. The number of halogens is 2. The number of rotatable bonds is 5. The molecular weight excluding hydrogens is 328 g/mol. The number of amides is 1. The first-order valence-electron chi connectivity index (χ1n) is 8.24. The number of aryl methyl sites for hydroxylation is 1. The monoisotopic (exact) mass is 349 g/mol. The predicted octanol–water partition coefficient (Wildman–Crippen LogP) is 1.68. The molecule has 25 heavy (non-hydrogen) atoms. The molecule has 8 heteroatoms. The van der Waals surface area contributed by atoms with E-state index in [4.69, 9.17) is 5.73 Å². The maximum absolute atomic E-state index is 12.9. The number of carbonyl (C=O) groups is 1. The van der Waals surface area contributed by atoms with Gasteiger partial charge in [-0.3, -0.25) is 4.79 Å². The van der Waals surface area contributed by atoms with Gasteiger partial charge in [-0.05, 0) is 18.9 Å². The van der Waals surface area contributed by atoms with Gasteiger partial charge in [-0.2, -0.15) is 0 Å². The summed E-state index contributed by atoms with van der Waals surface area (Å²) in [4.78, 5) is 14.4. The van der Waals surface area contributed by atoms with Crippen molar-refractivity contribution in [3.63, 3.8) is 0 Å². The first-order valence-corrected chi connectivity index (χ1v) is 8.24. The molecule has 2 aromatic rings. The summed E-state index contributed by atoms with van der Waals surface area (Å²) in [7, 11) is 0. The van der Waals surface area contributed by atoms with Crippen LogP contribution in [0.4, 0.5) is 8.78 Å². The van der Waals surface area contributed by atoms with Crippen molar-refractivity contribution < 1.29 is 13.6 Å². The van der Waals surface area contributed by atoms with Gasteiger partial charge in [-0.1, -0.05) is 29.8 Å². The average molecular weight is 349 g/mol. The van der Waals surface area contributed by atoms with Crippen LogP contribution in [0.25, 0.3) is 0 Å². The fraction of sp³-hybridized carbons (Fsp3) is 0.471. The van der Waals surface area contributed by atoms with Crippen molar-refractivity contribution in [2.75, 3.05) is 13.1 Å². The molecule has 1 unspecified atom stereocenters. The SMILES string of the molecule is Cc1ccc(CC(CN)C(=O)N2CCn3c(nnc3C(F)F)C2)cc1. The normalized spacial score (nSPS) is 15.3. The molecule has 1 aromatic heterocycles. The molecule has 0 fully saturated rings. The van der Waals surface area contributed by atoms with E-state index < -0.39 is 6.43 Å². The van der Waals surface area contributed by atoms with Gasteiger partial charge in [-0.25, -0.2) is 8.78 Å². The van der Waals surface area contributed by atoms with E-state index in [1.165, 1.54) is 4.57 Å². The smallest absolute Gasteiger partial charge is 0.297 e. The van der Waals surface area contributed by atoms with Gasteiger partial charge < -0.3 is 15.2 Å². The van der Waals surface area contributed by atoms with Gasteiger partial charge in [0.15, 0.2) is 11.6 Å².